The summed E-state index contributed by atoms with van der Waals surface area (Å²) in [7, 11) is 0. The quantitative estimate of drug-likeness (QED) is 0.886. The van der Waals surface area contributed by atoms with Crippen LogP contribution in [-0.2, 0) is 0 Å². The van der Waals surface area contributed by atoms with Gasteiger partial charge in [0.15, 0.2) is 0 Å². The first kappa shape index (κ1) is 13.6. The van der Waals surface area contributed by atoms with Gasteiger partial charge in [0.25, 0.3) is 0 Å². The van der Waals surface area contributed by atoms with Crippen molar-refractivity contribution in [1.82, 2.24) is 0 Å². The first-order valence-electron chi connectivity index (χ1n) is 6.39. The van der Waals surface area contributed by atoms with E-state index >= 15 is 0 Å². The summed E-state index contributed by atoms with van der Waals surface area (Å²) in [6.07, 6.45) is 0.900. The summed E-state index contributed by atoms with van der Waals surface area (Å²) in [6.45, 7) is 3.77. The van der Waals surface area contributed by atoms with E-state index < -0.39 is 0 Å². The highest BCUT2D eigenvalue weighted by molar-refractivity contribution is 5.36. The molecule has 2 aromatic carbocycles. The Balaban J connectivity index is 2.12. The second kappa shape index (κ2) is 5.85. The first-order chi connectivity index (χ1) is 9.10. The lowest BCUT2D eigenvalue weighted by Crippen LogP contribution is -2.07. The Morgan fingerprint density at radius 2 is 1.74 bits per heavy atom. The Kier molecular flexibility index (Phi) is 4.17. The van der Waals surface area contributed by atoms with Crippen LogP contribution in [0.2, 0.25) is 0 Å². The zero-order valence-electron chi connectivity index (χ0n) is 11.2. The molecular formula is C16H18FNO. The Hall–Kier alpha value is -1.87. The molecule has 0 radical (unpaired) electrons. The van der Waals surface area contributed by atoms with Crippen molar-refractivity contribution in [2.24, 2.45) is 5.73 Å². The summed E-state index contributed by atoms with van der Waals surface area (Å²) in [5, 5.41) is 0. The lowest BCUT2D eigenvalue weighted by Gasteiger charge is -2.11. The van der Waals surface area contributed by atoms with Gasteiger partial charge in [0.2, 0.25) is 0 Å². The standard InChI is InChI=1S/C16H18FNO/c1-3-16(18)12-4-6-13(7-5-12)19-14-8-9-15(17)11(2)10-14/h4-10,16H,3,18H2,1-2H3. The molecule has 1 atom stereocenters. The normalized spacial score (nSPS) is 12.2. The molecule has 100 valence electrons. The van der Waals surface area contributed by atoms with Gasteiger partial charge in [-0.15, -0.1) is 0 Å². The van der Waals surface area contributed by atoms with Crippen molar-refractivity contribution in [1.29, 1.82) is 0 Å². The largest absolute Gasteiger partial charge is 0.457 e. The Labute approximate surface area is 113 Å². The maximum absolute atomic E-state index is 13.1. The van der Waals surface area contributed by atoms with Gasteiger partial charge < -0.3 is 10.5 Å². The van der Waals surface area contributed by atoms with Crippen molar-refractivity contribution >= 4 is 0 Å². The number of benzene rings is 2. The Bertz CT molecular complexity index is 551. The fourth-order valence-corrected chi connectivity index (χ4v) is 1.84. The highest BCUT2D eigenvalue weighted by atomic mass is 19.1. The summed E-state index contributed by atoms with van der Waals surface area (Å²) < 4.78 is 18.8. The van der Waals surface area contributed by atoms with Crippen LogP contribution < -0.4 is 10.5 Å². The van der Waals surface area contributed by atoms with E-state index in [9.17, 15) is 4.39 Å². The summed E-state index contributed by atoms with van der Waals surface area (Å²) in [5.41, 5.74) is 7.61. The van der Waals surface area contributed by atoms with E-state index in [1.807, 2.05) is 24.3 Å². The van der Waals surface area contributed by atoms with Crippen molar-refractivity contribution in [3.63, 3.8) is 0 Å². The van der Waals surface area contributed by atoms with Crippen LogP contribution in [0.1, 0.15) is 30.5 Å². The Morgan fingerprint density at radius 1 is 1.11 bits per heavy atom. The number of rotatable bonds is 4. The third kappa shape index (κ3) is 3.32. The average molecular weight is 259 g/mol. The molecule has 0 saturated heterocycles. The Morgan fingerprint density at radius 3 is 2.32 bits per heavy atom. The molecule has 2 nitrogen and oxygen atoms in total. The van der Waals surface area contributed by atoms with E-state index in [1.54, 1.807) is 19.1 Å². The van der Waals surface area contributed by atoms with Gasteiger partial charge in [0.05, 0.1) is 0 Å². The molecule has 0 aliphatic rings. The minimum Gasteiger partial charge on any atom is -0.457 e. The number of ether oxygens (including phenoxy) is 1. The molecule has 19 heavy (non-hydrogen) atoms. The molecular weight excluding hydrogens is 241 g/mol. The van der Waals surface area contributed by atoms with E-state index in [1.165, 1.54) is 6.07 Å². The van der Waals surface area contributed by atoms with Gasteiger partial charge in [0, 0.05) is 6.04 Å². The van der Waals surface area contributed by atoms with Gasteiger partial charge in [-0.25, -0.2) is 4.39 Å². The van der Waals surface area contributed by atoms with Gasteiger partial charge in [-0.3, -0.25) is 0 Å². The van der Waals surface area contributed by atoms with E-state index in [0.29, 0.717) is 11.3 Å². The highest BCUT2D eigenvalue weighted by Gasteiger charge is 2.04. The van der Waals surface area contributed by atoms with E-state index in [0.717, 1.165) is 17.7 Å². The third-order valence-electron chi connectivity index (χ3n) is 3.11. The molecule has 0 aliphatic heterocycles. The maximum atomic E-state index is 13.1. The molecule has 2 rings (SSSR count). The number of hydrogen-bond donors (Lipinski definition) is 1. The van der Waals surface area contributed by atoms with Gasteiger partial charge >= 0.3 is 0 Å². The topological polar surface area (TPSA) is 35.2 Å². The number of nitrogens with two attached hydrogens (primary N) is 1. The van der Waals surface area contributed by atoms with Crippen molar-refractivity contribution in [2.45, 2.75) is 26.3 Å². The summed E-state index contributed by atoms with van der Waals surface area (Å²) >= 11 is 0. The second-order valence-electron chi connectivity index (χ2n) is 4.60. The van der Waals surface area contributed by atoms with Crippen molar-refractivity contribution < 1.29 is 9.13 Å². The van der Waals surface area contributed by atoms with Gasteiger partial charge in [-0.2, -0.15) is 0 Å². The van der Waals surface area contributed by atoms with E-state index in [-0.39, 0.29) is 11.9 Å². The van der Waals surface area contributed by atoms with Crippen LogP contribution in [0.5, 0.6) is 11.5 Å². The van der Waals surface area contributed by atoms with Crippen molar-refractivity contribution in [3.05, 3.63) is 59.4 Å². The smallest absolute Gasteiger partial charge is 0.127 e. The summed E-state index contributed by atoms with van der Waals surface area (Å²) in [5.74, 6) is 1.13. The predicted octanol–water partition coefficient (Wildman–Crippen LogP) is 4.34. The highest BCUT2D eigenvalue weighted by Crippen LogP contribution is 2.25. The summed E-state index contributed by atoms with van der Waals surface area (Å²) in [4.78, 5) is 0. The summed E-state index contributed by atoms with van der Waals surface area (Å²) in [6, 6.07) is 12.4. The third-order valence-corrected chi connectivity index (χ3v) is 3.11. The average Bonchev–Trinajstić information content (AvgIpc) is 2.43. The lowest BCUT2D eigenvalue weighted by molar-refractivity contribution is 0.479. The molecule has 1 unspecified atom stereocenters. The van der Waals surface area contributed by atoms with Crippen LogP contribution in [0.4, 0.5) is 4.39 Å². The van der Waals surface area contributed by atoms with Crippen molar-refractivity contribution in [2.75, 3.05) is 0 Å². The fourth-order valence-electron chi connectivity index (χ4n) is 1.84. The maximum Gasteiger partial charge on any atom is 0.127 e. The SMILES string of the molecule is CCC(N)c1ccc(Oc2ccc(F)c(C)c2)cc1. The molecule has 0 spiro atoms. The van der Waals surface area contributed by atoms with Crippen LogP contribution in [0.15, 0.2) is 42.5 Å². The minimum atomic E-state index is -0.225. The predicted molar refractivity (Wildman–Crippen MR) is 74.9 cm³/mol. The van der Waals surface area contributed by atoms with Gasteiger partial charge in [-0.1, -0.05) is 19.1 Å². The van der Waals surface area contributed by atoms with Crippen molar-refractivity contribution in [3.8, 4) is 11.5 Å². The minimum absolute atomic E-state index is 0.0575. The molecule has 0 saturated carbocycles. The molecule has 3 heteroatoms. The molecule has 2 N–H and O–H groups in total. The number of halogens is 1. The van der Waals surface area contributed by atoms with Gasteiger partial charge in [0.1, 0.15) is 17.3 Å². The van der Waals surface area contributed by atoms with Crippen LogP contribution in [0, 0.1) is 12.7 Å². The lowest BCUT2D eigenvalue weighted by atomic mass is 10.1. The monoisotopic (exact) mass is 259 g/mol. The number of aryl methyl sites for hydroxylation is 1. The van der Waals surface area contributed by atoms with Crippen LogP contribution in [0.25, 0.3) is 0 Å². The second-order valence-corrected chi connectivity index (χ2v) is 4.60. The molecule has 2 aromatic rings. The van der Waals surface area contributed by atoms with Crippen LogP contribution in [0.3, 0.4) is 0 Å². The zero-order chi connectivity index (χ0) is 13.8. The van der Waals surface area contributed by atoms with Gasteiger partial charge in [-0.05, 0) is 54.8 Å². The molecule has 0 aromatic heterocycles. The molecule has 0 fully saturated rings. The van der Waals surface area contributed by atoms with E-state index in [4.69, 9.17) is 10.5 Å². The molecule has 0 amide bonds. The first-order valence-corrected chi connectivity index (χ1v) is 6.39. The van der Waals surface area contributed by atoms with Crippen LogP contribution >= 0.6 is 0 Å². The van der Waals surface area contributed by atoms with Crippen LogP contribution in [-0.4, -0.2) is 0 Å². The molecule has 0 bridgehead atoms. The molecule has 0 heterocycles. The van der Waals surface area contributed by atoms with E-state index in [2.05, 4.69) is 6.92 Å². The molecule has 0 aliphatic carbocycles. The number of hydrogen-bond acceptors (Lipinski definition) is 2. The fraction of sp³-hybridized carbons (Fsp3) is 0.250. The zero-order valence-corrected chi connectivity index (χ0v) is 11.2.